The number of allylic oxidation sites excluding steroid dienone is 1. The van der Waals surface area contributed by atoms with Crippen LogP contribution in [0, 0.1) is 6.92 Å². The Balaban J connectivity index is 1.90. The van der Waals surface area contributed by atoms with E-state index in [-0.39, 0.29) is 24.2 Å². The summed E-state index contributed by atoms with van der Waals surface area (Å²) in [5.41, 5.74) is 2.04. The fraction of sp³-hybridized carbons (Fsp3) is 0.300. The summed E-state index contributed by atoms with van der Waals surface area (Å²) in [7, 11) is 0. The van der Waals surface area contributed by atoms with Gasteiger partial charge in [-0.3, -0.25) is 9.59 Å². The molecule has 28 heavy (non-hydrogen) atoms. The van der Waals surface area contributed by atoms with Crippen molar-refractivity contribution in [1.82, 2.24) is 14.9 Å². The lowest BCUT2D eigenvalue weighted by Crippen LogP contribution is -2.32. The average molecular weight is 398 g/mol. The third-order valence-corrected chi connectivity index (χ3v) is 5.56. The van der Waals surface area contributed by atoms with Crippen LogP contribution in [0.4, 0.5) is 5.82 Å². The lowest BCUT2D eigenvalue weighted by molar-refractivity contribution is -0.127. The highest BCUT2D eigenvalue weighted by molar-refractivity contribution is 8.17. The van der Waals surface area contributed by atoms with Gasteiger partial charge in [-0.2, -0.15) is 0 Å². The summed E-state index contributed by atoms with van der Waals surface area (Å²) < 4.78 is 0. The molecule has 1 aliphatic rings. The molecule has 0 bridgehead atoms. The van der Waals surface area contributed by atoms with Gasteiger partial charge < -0.3 is 15.3 Å². The van der Waals surface area contributed by atoms with Gasteiger partial charge in [0.05, 0.1) is 13.1 Å². The highest BCUT2D eigenvalue weighted by Crippen LogP contribution is 2.30. The molecule has 3 rings (SSSR count). The molecule has 1 aliphatic heterocycles. The second-order valence-corrected chi connectivity index (χ2v) is 7.43. The van der Waals surface area contributed by atoms with Crippen LogP contribution >= 0.6 is 11.8 Å². The van der Waals surface area contributed by atoms with Gasteiger partial charge in [-0.05, 0) is 25.6 Å². The monoisotopic (exact) mass is 398 g/mol. The van der Waals surface area contributed by atoms with Crippen LogP contribution in [0.15, 0.2) is 47.1 Å². The van der Waals surface area contributed by atoms with E-state index >= 15 is 0 Å². The summed E-state index contributed by atoms with van der Waals surface area (Å²) in [6.07, 6.45) is 2.00. The predicted molar refractivity (Wildman–Crippen MR) is 109 cm³/mol. The molecule has 0 fully saturated rings. The van der Waals surface area contributed by atoms with Crippen molar-refractivity contribution in [2.24, 2.45) is 0 Å². The molecule has 0 aliphatic carbocycles. The summed E-state index contributed by atoms with van der Waals surface area (Å²) in [5, 5.41) is 12.4. The Kier molecular flexibility index (Phi) is 6.43. The van der Waals surface area contributed by atoms with Gasteiger partial charge in [0.25, 0.3) is 0 Å². The third kappa shape index (κ3) is 4.58. The summed E-state index contributed by atoms with van der Waals surface area (Å²) in [6, 6.07) is 8.95. The SMILES string of the molecule is C/C(=C(\CCO)SC(=O)c1ccccc1)N1Cc2cnc(C)nc2NCC1=O. The van der Waals surface area contributed by atoms with Crippen molar-refractivity contribution in [3.05, 3.63) is 64.1 Å². The number of hydrogen-bond acceptors (Lipinski definition) is 7. The van der Waals surface area contributed by atoms with E-state index < -0.39 is 0 Å². The number of benzene rings is 1. The van der Waals surface area contributed by atoms with Crippen LogP contribution in [0.2, 0.25) is 0 Å². The van der Waals surface area contributed by atoms with E-state index in [0.717, 1.165) is 17.3 Å². The van der Waals surface area contributed by atoms with E-state index in [1.807, 2.05) is 6.07 Å². The number of anilines is 1. The van der Waals surface area contributed by atoms with Gasteiger partial charge in [-0.15, -0.1) is 0 Å². The number of carbonyl (C=O) groups is 2. The molecule has 146 valence electrons. The van der Waals surface area contributed by atoms with Crippen LogP contribution in [-0.4, -0.2) is 44.1 Å². The summed E-state index contributed by atoms with van der Waals surface area (Å²) in [6.45, 7) is 3.89. The molecule has 2 heterocycles. The van der Waals surface area contributed by atoms with Crippen LogP contribution < -0.4 is 5.32 Å². The number of aliphatic hydroxyl groups excluding tert-OH is 1. The van der Waals surface area contributed by atoms with Crippen molar-refractivity contribution < 1.29 is 14.7 Å². The molecule has 1 amide bonds. The molecule has 8 heteroatoms. The predicted octanol–water partition coefficient (Wildman–Crippen LogP) is 2.73. The van der Waals surface area contributed by atoms with Crippen LogP contribution in [0.1, 0.15) is 35.1 Å². The molecule has 1 aromatic heterocycles. The number of aryl methyl sites for hydroxylation is 1. The zero-order chi connectivity index (χ0) is 20.1. The first-order valence-electron chi connectivity index (χ1n) is 8.94. The minimum Gasteiger partial charge on any atom is -0.396 e. The number of thioether (sulfide) groups is 1. The Morgan fingerprint density at radius 2 is 2.07 bits per heavy atom. The number of hydrogen-bond donors (Lipinski definition) is 2. The van der Waals surface area contributed by atoms with Crippen molar-refractivity contribution >= 4 is 28.6 Å². The molecule has 0 atom stereocenters. The first-order valence-corrected chi connectivity index (χ1v) is 9.76. The van der Waals surface area contributed by atoms with E-state index in [2.05, 4.69) is 15.3 Å². The molecule has 2 N–H and O–H groups in total. The van der Waals surface area contributed by atoms with Gasteiger partial charge in [0.2, 0.25) is 11.0 Å². The standard InChI is InChI=1S/C20H22N4O3S/c1-13(17(8-9-25)28-20(27)15-6-4-3-5-7-15)24-12-16-10-21-14(2)23-19(16)22-11-18(24)26/h3-7,10,25H,8-9,11-12H2,1-2H3,(H,21,22,23)/b17-13-. The summed E-state index contributed by atoms with van der Waals surface area (Å²) in [4.78, 5) is 36.2. The van der Waals surface area contributed by atoms with Crippen molar-refractivity contribution in [2.45, 2.75) is 26.8 Å². The summed E-state index contributed by atoms with van der Waals surface area (Å²) in [5.74, 6) is 1.15. The number of carbonyl (C=O) groups excluding carboxylic acids is 2. The number of rotatable bonds is 5. The van der Waals surface area contributed by atoms with Gasteiger partial charge in [-0.1, -0.05) is 30.3 Å². The molecular weight excluding hydrogens is 376 g/mol. The minimum atomic E-state index is -0.128. The zero-order valence-electron chi connectivity index (χ0n) is 15.8. The maximum Gasteiger partial charge on any atom is 0.246 e. The lowest BCUT2D eigenvalue weighted by Gasteiger charge is -2.24. The summed E-state index contributed by atoms with van der Waals surface area (Å²) >= 11 is 1.05. The molecule has 7 nitrogen and oxygen atoms in total. The number of nitrogens with one attached hydrogen (secondary N) is 1. The van der Waals surface area contributed by atoms with E-state index in [1.165, 1.54) is 0 Å². The first-order chi connectivity index (χ1) is 13.5. The normalized spacial score (nSPS) is 14.7. The Morgan fingerprint density at radius 1 is 1.32 bits per heavy atom. The smallest absolute Gasteiger partial charge is 0.246 e. The highest BCUT2D eigenvalue weighted by atomic mass is 32.2. The maximum atomic E-state index is 12.7. The minimum absolute atomic E-state index is 0.102. The first kappa shape index (κ1) is 20.0. The second-order valence-electron chi connectivity index (χ2n) is 6.36. The van der Waals surface area contributed by atoms with Gasteiger partial charge >= 0.3 is 0 Å². The van der Waals surface area contributed by atoms with E-state index in [1.54, 1.807) is 49.2 Å². The van der Waals surface area contributed by atoms with Crippen molar-refractivity contribution in [2.75, 3.05) is 18.5 Å². The molecule has 0 saturated heterocycles. The largest absolute Gasteiger partial charge is 0.396 e. The molecule has 2 aromatic rings. The number of amides is 1. The number of aliphatic hydroxyl groups is 1. The average Bonchev–Trinajstić information content (AvgIpc) is 2.86. The van der Waals surface area contributed by atoms with Crippen LogP contribution in [0.3, 0.4) is 0 Å². The molecule has 1 aromatic carbocycles. The fourth-order valence-electron chi connectivity index (χ4n) is 2.89. The van der Waals surface area contributed by atoms with Crippen LogP contribution in [0.25, 0.3) is 0 Å². The number of nitrogens with zero attached hydrogens (tertiary/aromatic N) is 3. The van der Waals surface area contributed by atoms with Crippen molar-refractivity contribution in [1.29, 1.82) is 0 Å². The molecule has 0 unspecified atom stereocenters. The Morgan fingerprint density at radius 3 is 2.79 bits per heavy atom. The quantitative estimate of drug-likeness (QED) is 0.799. The van der Waals surface area contributed by atoms with Crippen LogP contribution in [-0.2, 0) is 11.3 Å². The van der Waals surface area contributed by atoms with Crippen LogP contribution in [0.5, 0.6) is 0 Å². The maximum absolute atomic E-state index is 12.7. The number of aromatic nitrogens is 2. The molecule has 0 saturated carbocycles. The molecule has 0 radical (unpaired) electrons. The topological polar surface area (TPSA) is 95.4 Å². The third-order valence-electron chi connectivity index (χ3n) is 4.39. The van der Waals surface area contributed by atoms with E-state index in [0.29, 0.717) is 40.8 Å². The molecule has 0 spiro atoms. The zero-order valence-corrected chi connectivity index (χ0v) is 16.6. The van der Waals surface area contributed by atoms with E-state index in [9.17, 15) is 14.7 Å². The van der Waals surface area contributed by atoms with Gasteiger partial charge in [0.1, 0.15) is 11.6 Å². The lowest BCUT2D eigenvalue weighted by atomic mass is 10.2. The highest BCUT2D eigenvalue weighted by Gasteiger charge is 2.25. The number of fused-ring (bicyclic) bond motifs is 1. The van der Waals surface area contributed by atoms with Gasteiger partial charge in [0.15, 0.2) is 0 Å². The fourth-order valence-corrected chi connectivity index (χ4v) is 3.81. The van der Waals surface area contributed by atoms with E-state index in [4.69, 9.17) is 0 Å². The van der Waals surface area contributed by atoms with Gasteiger partial charge in [-0.25, -0.2) is 9.97 Å². The Labute approximate surface area is 167 Å². The molecular formula is C20H22N4O3S. The van der Waals surface area contributed by atoms with Crippen molar-refractivity contribution in [3.63, 3.8) is 0 Å². The second kappa shape index (κ2) is 8.99. The Hall–Kier alpha value is -2.71. The van der Waals surface area contributed by atoms with Crippen molar-refractivity contribution in [3.8, 4) is 0 Å². The Bertz CT molecular complexity index is 915. The van der Waals surface area contributed by atoms with Gasteiger partial charge in [0, 0.05) is 41.0 Å².